The molecule has 3 aliphatic rings. The van der Waals surface area contributed by atoms with Gasteiger partial charge in [0.25, 0.3) is 0 Å². The van der Waals surface area contributed by atoms with Crippen LogP contribution < -0.4 is 0 Å². The molecule has 14 nitrogen and oxygen atoms in total. The number of hydrogen-bond acceptors (Lipinski definition) is 9. The first-order valence-electron chi connectivity index (χ1n) is 32.9. The van der Waals surface area contributed by atoms with Crippen molar-refractivity contribution in [1.82, 2.24) is 67.7 Å². The van der Waals surface area contributed by atoms with E-state index in [0.717, 1.165) is 98.3 Å². The lowest BCUT2D eigenvalue weighted by Gasteiger charge is -2.42. The topological polar surface area (TPSA) is 141 Å². The molecule has 18 heteroatoms. The Morgan fingerprint density at radius 1 is 0.188 bits per heavy atom. The van der Waals surface area contributed by atoms with E-state index in [-0.39, 0.29) is 33.0 Å². The third-order valence-corrected chi connectivity index (χ3v) is 20.5. The number of rotatable bonds is 5. The summed E-state index contributed by atoms with van der Waals surface area (Å²) in [6.07, 6.45) is 0. The molecule has 0 atom stereocenters. The summed E-state index contributed by atoms with van der Waals surface area (Å²) in [6.45, 7) is 0. The minimum Gasteiger partial charge on any atom is -0.278 e. The minimum absolute atomic E-state index is 0.000000000000000444. The molecule has 101 heavy (non-hydrogen) atoms. The Hall–Kier alpha value is -12.2. The van der Waals surface area contributed by atoms with Crippen LogP contribution in [0.15, 0.2) is 279 Å². The molecule has 3 aliphatic carbocycles. The van der Waals surface area contributed by atoms with E-state index in [1.165, 1.54) is 44.2 Å². The maximum Gasteiger partial charge on any atom is 0.241 e. The van der Waals surface area contributed by atoms with E-state index in [0.29, 0.717) is 29.7 Å². The Labute approximate surface area is 594 Å². The van der Waals surface area contributed by atoms with Crippen LogP contribution in [0, 0.1) is 0 Å². The van der Waals surface area contributed by atoms with Gasteiger partial charge in [0.05, 0.1) is 55.2 Å². The van der Waals surface area contributed by atoms with Crippen molar-refractivity contribution in [2.45, 2.75) is 11.8 Å². The van der Waals surface area contributed by atoms with Gasteiger partial charge in [0, 0.05) is 65.7 Å². The highest BCUT2D eigenvalue weighted by Crippen LogP contribution is 2.58. The van der Waals surface area contributed by atoms with Crippen LogP contribution in [0.3, 0.4) is 0 Å². The average Bonchev–Trinajstić information content (AvgIpc) is 1.56. The normalized spacial score (nSPS) is 13.7. The maximum atomic E-state index is 6.50. The van der Waals surface area contributed by atoms with Crippen LogP contribution in [0.5, 0.6) is 0 Å². The smallest absolute Gasteiger partial charge is 0.241 e. The molecule has 20 aromatic rings. The summed E-state index contributed by atoms with van der Waals surface area (Å²) in [6, 6.07) is 98.8. The van der Waals surface area contributed by atoms with Crippen molar-refractivity contribution in [3.05, 3.63) is 334 Å². The maximum absolute atomic E-state index is 6.50. The molecule has 0 amide bonds. The molecule has 8 aromatic heterocycles. The van der Waals surface area contributed by atoms with Gasteiger partial charge in [-0.15, -0.1) is 0 Å². The van der Waals surface area contributed by atoms with E-state index >= 15 is 0 Å². The average molecular weight is 1380 g/mol. The minimum atomic E-state index is 0.000000000000000444. The van der Waals surface area contributed by atoms with Gasteiger partial charge in [-0.05, 0) is 140 Å². The van der Waals surface area contributed by atoms with Crippen LogP contribution in [0.2, 0.25) is 21.1 Å². The van der Waals surface area contributed by atoms with Gasteiger partial charge >= 0.3 is 0 Å². The van der Waals surface area contributed by atoms with Crippen LogP contribution in [0.4, 0.5) is 0 Å². The highest BCUT2D eigenvalue weighted by Gasteiger charge is 2.43. The molecule has 8 heterocycles. The number of nitrogens with zero attached hydrogens (tertiary/aromatic N) is 14. The lowest BCUT2D eigenvalue weighted by atomic mass is 9.60. The largest absolute Gasteiger partial charge is 0.278 e. The third-order valence-electron chi connectivity index (χ3n) is 19.8. The third kappa shape index (κ3) is 9.16. The van der Waals surface area contributed by atoms with Crippen LogP contribution >= 0.6 is 46.4 Å². The summed E-state index contributed by atoms with van der Waals surface area (Å²) in [5.74, 6) is 2.97. The molecule has 0 fully saturated rings. The van der Waals surface area contributed by atoms with Crippen LogP contribution in [-0.2, 0) is 0 Å². The zero-order chi connectivity index (χ0) is 67.1. The Morgan fingerprint density at radius 3 is 0.703 bits per heavy atom. The number of aromatic nitrogens is 14. The van der Waals surface area contributed by atoms with Crippen molar-refractivity contribution in [2.75, 3.05) is 0 Å². The van der Waals surface area contributed by atoms with E-state index in [1.54, 1.807) is 0 Å². The first-order valence-corrected chi connectivity index (χ1v) is 34.4. The second-order valence-electron chi connectivity index (χ2n) is 25.0. The van der Waals surface area contributed by atoms with Crippen molar-refractivity contribution >= 4 is 155 Å². The quantitative estimate of drug-likeness (QED) is 0.165. The van der Waals surface area contributed by atoms with Gasteiger partial charge in [0.2, 0.25) is 50.9 Å². The zero-order valence-electron chi connectivity index (χ0n) is 53.0. The van der Waals surface area contributed by atoms with Crippen molar-refractivity contribution in [3.63, 3.8) is 0 Å². The van der Waals surface area contributed by atoms with E-state index in [4.69, 9.17) is 66.3 Å². The molecule has 23 rings (SSSR count). The Bertz CT molecular complexity index is 6270. The zero-order valence-corrected chi connectivity index (χ0v) is 56.0. The molecule has 0 unspecified atom stereocenters. The van der Waals surface area contributed by atoms with Crippen LogP contribution in [0.1, 0.15) is 45.2 Å². The predicted octanol–water partition coefficient (Wildman–Crippen LogP) is 20.7. The van der Waals surface area contributed by atoms with Gasteiger partial charge < -0.3 is 0 Å². The molecular formula is C83H48Cl4N14. The number of hydrogen-bond donors (Lipinski definition) is 0. The van der Waals surface area contributed by atoms with Crippen LogP contribution in [0.25, 0.3) is 139 Å². The number of fused-ring (bicyclic) bond motifs is 15. The number of para-hydroxylation sites is 9. The lowest BCUT2D eigenvalue weighted by Crippen LogP contribution is -2.27. The molecule has 0 spiro atoms. The highest BCUT2D eigenvalue weighted by molar-refractivity contribution is 6.33. The fraction of sp³-hybridized carbons (Fsp3) is 0.0241. The fourth-order valence-corrected chi connectivity index (χ4v) is 16.7. The monoisotopic (exact) mass is 1380 g/mol. The molecule has 0 radical (unpaired) electrons. The summed E-state index contributed by atoms with van der Waals surface area (Å²) >= 11 is 22.5. The molecule has 2 bridgehead atoms. The van der Waals surface area contributed by atoms with Crippen molar-refractivity contribution in [2.24, 2.45) is 0 Å². The first kappa shape index (κ1) is 58.9. The van der Waals surface area contributed by atoms with E-state index in [2.05, 4.69) is 278 Å². The molecule has 0 saturated carbocycles. The highest BCUT2D eigenvalue weighted by atomic mass is 35.5. The van der Waals surface area contributed by atoms with Gasteiger partial charge in [0.15, 0.2) is 0 Å². The summed E-state index contributed by atoms with van der Waals surface area (Å²) in [5.41, 5.74) is 18.8. The summed E-state index contributed by atoms with van der Waals surface area (Å²) < 4.78 is 10.8. The molecule has 0 N–H and O–H groups in total. The van der Waals surface area contributed by atoms with Gasteiger partial charge in [-0.1, -0.05) is 218 Å². The van der Waals surface area contributed by atoms with E-state index in [1.807, 2.05) is 48.5 Å². The lowest BCUT2D eigenvalue weighted by molar-refractivity contribution is 0.761. The van der Waals surface area contributed by atoms with Gasteiger partial charge in [-0.2, -0.15) is 44.9 Å². The second kappa shape index (κ2) is 23.2. The van der Waals surface area contributed by atoms with Crippen molar-refractivity contribution in [3.8, 4) is 29.7 Å². The molecule has 0 aliphatic heterocycles. The SMILES string of the molecule is Clc1nc(-n2c3ccccc3c3ccccc32)nc(-n2c3ccccc3c3ccccc32)n1.Clc1nc(Cl)nc(Cl)n1.c1ccc2c(c1)C1c3ccccc3C2c2c1ccc1c2c2ccccc2n1-c1nc(-n2c3ccccc3c3ccccc32)nc(-n2c3ccccc3c3ccccc32)n1. The Morgan fingerprint density at radius 2 is 0.406 bits per heavy atom. The fourth-order valence-electron chi connectivity index (χ4n) is 16.0. The van der Waals surface area contributed by atoms with Crippen molar-refractivity contribution in [1.29, 1.82) is 0 Å². The predicted molar refractivity (Wildman–Crippen MR) is 406 cm³/mol. The Balaban J connectivity index is 0.000000136. The molecule has 12 aromatic carbocycles. The number of benzene rings is 12. The van der Waals surface area contributed by atoms with Gasteiger partial charge in [0.1, 0.15) is 0 Å². The van der Waals surface area contributed by atoms with E-state index in [9.17, 15) is 0 Å². The standard InChI is InChI=1S/C53H32N6.C27H16ClN5.C3Cl3N3/c1-3-21-37-35(19-1)47-36-20-2-4-22-38(36)48(37)50-40(47)29-30-46-49(50)39-23-9-14-28-45(39)59(46)53-55-51(57-41-24-10-5-15-31(41)32-16-6-11-25-42(32)57)54-52(56-53)58-43-26-12-7-17-33(43)34-18-8-13-27-44(34)58;28-25-29-26(32-21-13-5-1-9-17(21)18-10-2-6-14-22(18)32)31-27(30-25)33-23-15-7-3-11-19(23)20-12-4-8-16-24(20)33;4-1-7-2(5)9-3(6)8-1/h1-30,47-48H;1-16H;. The summed E-state index contributed by atoms with van der Waals surface area (Å²) in [7, 11) is 0. The number of halogens is 4. The first-order chi connectivity index (χ1) is 49.8. The van der Waals surface area contributed by atoms with Crippen molar-refractivity contribution < 1.29 is 0 Å². The van der Waals surface area contributed by atoms with E-state index < -0.39 is 0 Å². The molecular weight excluding hydrogens is 1330 g/mol. The summed E-state index contributed by atoms with van der Waals surface area (Å²) in [5, 5.41) is 11.8. The van der Waals surface area contributed by atoms with Gasteiger partial charge in [-0.25, -0.2) is 0 Å². The molecule has 478 valence electrons. The Kier molecular flexibility index (Phi) is 13.6. The van der Waals surface area contributed by atoms with Gasteiger partial charge in [-0.3, -0.25) is 22.8 Å². The van der Waals surface area contributed by atoms with Crippen LogP contribution in [-0.4, -0.2) is 67.7 Å². The molecule has 0 saturated heterocycles. The summed E-state index contributed by atoms with van der Waals surface area (Å²) in [4.78, 5) is 40.8. The second-order valence-corrected chi connectivity index (χ2v) is 26.4.